The van der Waals surface area contributed by atoms with Crippen molar-refractivity contribution in [2.45, 2.75) is 25.8 Å². The minimum atomic E-state index is 0.369. The molecule has 1 N–H and O–H groups in total. The van der Waals surface area contributed by atoms with Gasteiger partial charge >= 0.3 is 0 Å². The van der Waals surface area contributed by atoms with Crippen LogP contribution >= 0.6 is 0 Å². The van der Waals surface area contributed by atoms with E-state index in [9.17, 15) is 0 Å². The molecule has 3 aromatic rings. The SMILES string of the molecule is C#Cc1cnn2c(-c3cc(NC4COC4)c(C(C)C)cn3)ccc2c1. The van der Waals surface area contributed by atoms with E-state index in [4.69, 9.17) is 11.2 Å². The number of nitrogens with one attached hydrogen (secondary N) is 1. The summed E-state index contributed by atoms with van der Waals surface area (Å²) in [6.07, 6.45) is 9.11. The Balaban J connectivity index is 1.77. The fourth-order valence-corrected chi connectivity index (χ4v) is 3.00. The molecular formula is C20H20N4O. The predicted molar refractivity (Wildman–Crippen MR) is 98.7 cm³/mol. The van der Waals surface area contributed by atoms with Gasteiger partial charge in [0, 0.05) is 17.4 Å². The number of aromatic nitrogens is 3. The van der Waals surface area contributed by atoms with Crippen molar-refractivity contribution in [3.8, 4) is 23.7 Å². The van der Waals surface area contributed by atoms with E-state index in [1.807, 2.05) is 28.9 Å². The molecule has 5 nitrogen and oxygen atoms in total. The lowest BCUT2D eigenvalue weighted by atomic mass is 10.0. The van der Waals surface area contributed by atoms with Crippen molar-refractivity contribution in [1.29, 1.82) is 0 Å². The maximum atomic E-state index is 5.46. The minimum absolute atomic E-state index is 0.369. The van der Waals surface area contributed by atoms with E-state index in [-0.39, 0.29) is 0 Å². The topological polar surface area (TPSA) is 51.5 Å². The Kier molecular flexibility index (Phi) is 3.90. The minimum Gasteiger partial charge on any atom is -0.377 e. The highest BCUT2D eigenvalue weighted by atomic mass is 16.5. The van der Waals surface area contributed by atoms with Crippen molar-refractivity contribution < 1.29 is 4.74 Å². The second kappa shape index (κ2) is 6.23. The van der Waals surface area contributed by atoms with Gasteiger partial charge in [-0.3, -0.25) is 4.98 Å². The van der Waals surface area contributed by atoms with Gasteiger partial charge in [0.15, 0.2) is 0 Å². The molecule has 0 radical (unpaired) electrons. The van der Waals surface area contributed by atoms with E-state index in [2.05, 4.69) is 41.2 Å². The molecule has 3 aromatic heterocycles. The summed E-state index contributed by atoms with van der Waals surface area (Å²) in [4.78, 5) is 4.67. The molecule has 1 fully saturated rings. The second-order valence-electron chi connectivity index (χ2n) is 6.63. The molecule has 1 aliphatic rings. The number of nitrogens with zero attached hydrogens (tertiary/aromatic N) is 3. The fraction of sp³-hybridized carbons (Fsp3) is 0.300. The largest absolute Gasteiger partial charge is 0.377 e. The van der Waals surface area contributed by atoms with Gasteiger partial charge in [0.25, 0.3) is 0 Å². The standard InChI is InChI=1S/C20H20N4O/c1-4-14-7-16-5-6-20(24(16)22-9-14)19-8-18(23-15-11-25-12-15)17(10-21-19)13(2)3/h1,5-10,13,15H,11-12H2,2-3H3,(H,21,23). The summed E-state index contributed by atoms with van der Waals surface area (Å²) in [5, 5.41) is 8.03. The van der Waals surface area contributed by atoms with Gasteiger partial charge in [0.05, 0.1) is 42.4 Å². The Bertz CT molecular complexity index is 963. The van der Waals surface area contributed by atoms with Gasteiger partial charge in [-0.05, 0) is 35.7 Å². The number of hydrogen-bond acceptors (Lipinski definition) is 4. The Morgan fingerprint density at radius 2 is 2.12 bits per heavy atom. The number of hydrogen-bond donors (Lipinski definition) is 1. The monoisotopic (exact) mass is 332 g/mol. The average Bonchev–Trinajstić information content (AvgIpc) is 3.00. The van der Waals surface area contributed by atoms with Gasteiger partial charge in [0.2, 0.25) is 0 Å². The molecule has 0 aromatic carbocycles. The number of terminal acetylenes is 1. The van der Waals surface area contributed by atoms with Crippen molar-refractivity contribution in [3.05, 3.63) is 47.8 Å². The van der Waals surface area contributed by atoms with Crippen LogP contribution in [0.2, 0.25) is 0 Å². The van der Waals surface area contributed by atoms with Gasteiger partial charge in [-0.15, -0.1) is 6.42 Å². The summed E-state index contributed by atoms with van der Waals surface area (Å²) in [5.41, 5.74) is 5.88. The number of fused-ring (bicyclic) bond motifs is 1. The molecule has 1 saturated heterocycles. The van der Waals surface area contributed by atoms with Crippen LogP contribution in [-0.4, -0.2) is 33.9 Å². The van der Waals surface area contributed by atoms with Crippen LogP contribution < -0.4 is 5.32 Å². The highest BCUT2D eigenvalue weighted by Crippen LogP contribution is 2.30. The zero-order valence-electron chi connectivity index (χ0n) is 14.4. The predicted octanol–water partition coefficient (Wildman–Crippen LogP) is 3.31. The molecule has 0 saturated carbocycles. The fourth-order valence-electron chi connectivity index (χ4n) is 3.00. The summed E-state index contributed by atoms with van der Waals surface area (Å²) in [6, 6.07) is 8.45. The lowest BCUT2D eigenvalue weighted by molar-refractivity contribution is 0.0210. The second-order valence-corrected chi connectivity index (χ2v) is 6.63. The molecule has 0 unspecified atom stereocenters. The molecule has 0 amide bonds. The maximum Gasteiger partial charge on any atom is 0.0910 e. The summed E-state index contributed by atoms with van der Waals surface area (Å²) in [5.74, 6) is 3.01. The van der Waals surface area contributed by atoms with Crippen LogP contribution in [0.4, 0.5) is 5.69 Å². The molecule has 25 heavy (non-hydrogen) atoms. The van der Waals surface area contributed by atoms with Crippen molar-refractivity contribution in [1.82, 2.24) is 14.6 Å². The Hall–Kier alpha value is -2.84. The highest BCUT2D eigenvalue weighted by Gasteiger charge is 2.21. The first-order valence-corrected chi connectivity index (χ1v) is 8.44. The van der Waals surface area contributed by atoms with Crippen molar-refractivity contribution in [3.63, 3.8) is 0 Å². The molecule has 0 spiro atoms. The van der Waals surface area contributed by atoms with E-state index in [1.165, 1.54) is 5.56 Å². The third-order valence-electron chi connectivity index (χ3n) is 4.48. The van der Waals surface area contributed by atoms with Crippen LogP contribution in [-0.2, 0) is 4.74 Å². The molecular weight excluding hydrogens is 312 g/mol. The summed E-state index contributed by atoms with van der Waals surface area (Å²) in [7, 11) is 0. The number of pyridine rings is 1. The molecule has 4 heterocycles. The lowest BCUT2D eigenvalue weighted by Gasteiger charge is -2.29. The van der Waals surface area contributed by atoms with Crippen molar-refractivity contribution in [2.75, 3.05) is 18.5 Å². The van der Waals surface area contributed by atoms with Crippen molar-refractivity contribution >= 4 is 11.2 Å². The third-order valence-corrected chi connectivity index (χ3v) is 4.48. The van der Waals surface area contributed by atoms with Crippen LogP contribution in [0.3, 0.4) is 0 Å². The van der Waals surface area contributed by atoms with Crippen LogP contribution in [0.1, 0.15) is 30.9 Å². The Morgan fingerprint density at radius 1 is 1.28 bits per heavy atom. The maximum absolute atomic E-state index is 5.46. The number of anilines is 1. The zero-order chi connectivity index (χ0) is 17.4. The van der Waals surface area contributed by atoms with Crippen LogP contribution in [0.5, 0.6) is 0 Å². The van der Waals surface area contributed by atoms with Crippen LogP contribution in [0.25, 0.3) is 16.9 Å². The number of ether oxygens (including phenoxy) is 1. The van der Waals surface area contributed by atoms with Crippen LogP contribution in [0, 0.1) is 12.3 Å². The molecule has 1 aliphatic heterocycles. The molecule has 4 rings (SSSR count). The normalized spacial score (nSPS) is 14.5. The smallest absolute Gasteiger partial charge is 0.0910 e. The zero-order valence-corrected chi connectivity index (χ0v) is 14.4. The van der Waals surface area contributed by atoms with Gasteiger partial charge < -0.3 is 10.1 Å². The van der Waals surface area contributed by atoms with Gasteiger partial charge in [0.1, 0.15) is 0 Å². The van der Waals surface area contributed by atoms with Crippen molar-refractivity contribution in [2.24, 2.45) is 0 Å². The van der Waals surface area contributed by atoms with Gasteiger partial charge in [-0.1, -0.05) is 19.8 Å². The van der Waals surface area contributed by atoms with Gasteiger partial charge in [-0.25, -0.2) is 4.52 Å². The van der Waals surface area contributed by atoms with E-state index in [0.717, 1.165) is 41.4 Å². The lowest BCUT2D eigenvalue weighted by Crippen LogP contribution is -2.40. The summed E-state index contributed by atoms with van der Waals surface area (Å²) in [6.45, 7) is 5.85. The van der Waals surface area contributed by atoms with E-state index < -0.39 is 0 Å². The van der Waals surface area contributed by atoms with E-state index in [0.29, 0.717) is 12.0 Å². The first-order chi connectivity index (χ1) is 12.2. The van der Waals surface area contributed by atoms with E-state index in [1.54, 1.807) is 6.20 Å². The first kappa shape index (κ1) is 15.7. The summed E-state index contributed by atoms with van der Waals surface area (Å²) < 4.78 is 7.15. The van der Waals surface area contributed by atoms with E-state index >= 15 is 0 Å². The third kappa shape index (κ3) is 2.86. The molecule has 5 heteroatoms. The Morgan fingerprint density at radius 3 is 2.80 bits per heavy atom. The Labute approximate surface area is 147 Å². The first-order valence-electron chi connectivity index (χ1n) is 8.44. The summed E-state index contributed by atoms with van der Waals surface area (Å²) >= 11 is 0. The van der Waals surface area contributed by atoms with Gasteiger partial charge in [-0.2, -0.15) is 5.10 Å². The molecule has 0 bridgehead atoms. The van der Waals surface area contributed by atoms with Crippen LogP contribution in [0.15, 0.2) is 36.7 Å². The highest BCUT2D eigenvalue weighted by molar-refractivity contribution is 5.69. The quantitative estimate of drug-likeness (QED) is 0.745. The molecule has 0 aliphatic carbocycles. The molecule has 126 valence electrons. The molecule has 0 atom stereocenters. The number of rotatable bonds is 4. The average molecular weight is 332 g/mol.